The normalized spacial score (nSPS) is 23.2. The van der Waals surface area contributed by atoms with Crippen LogP contribution in [0.5, 0.6) is 0 Å². The lowest BCUT2D eigenvalue weighted by molar-refractivity contribution is -0.0424. The number of hydrogen-bond acceptors (Lipinski definition) is 7. The number of anilines is 1. The summed E-state index contributed by atoms with van der Waals surface area (Å²) in [5.41, 5.74) is 4.74. The first-order chi connectivity index (χ1) is 14.2. The van der Waals surface area contributed by atoms with E-state index >= 15 is 0 Å². The number of fused-ring (bicyclic) bond motifs is 2. The highest BCUT2D eigenvalue weighted by atomic mass is 16.7. The van der Waals surface area contributed by atoms with Crippen molar-refractivity contribution in [2.75, 3.05) is 38.5 Å². The molecule has 5 rings (SSSR count). The Bertz CT molecular complexity index is 1020. The molecule has 2 aromatic rings. The SMILES string of the molecule is COCOC1=C[C@H](c2cc(=O)oc3c4c5c(cc23)CCCN5CCC4)O[C@@H]1CO. The molecule has 29 heavy (non-hydrogen) atoms. The zero-order valence-corrected chi connectivity index (χ0v) is 16.5. The van der Waals surface area contributed by atoms with Gasteiger partial charge in [0.05, 0.1) is 6.61 Å². The van der Waals surface area contributed by atoms with Gasteiger partial charge in [0, 0.05) is 48.5 Å². The zero-order chi connectivity index (χ0) is 20.0. The van der Waals surface area contributed by atoms with Crippen molar-refractivity contribution in [3.05, 3.63) is 51.1 Å². The summed E-state index contributed by atoms with van der Waals surface area (Å²) >= 11 is 0. The molecule has 1 aromatic heterocycles. The summed E-state index contributed by atoms with van der Waals surface area (Å²) in [5, 5.41) is 10.6. The molecule has 0 aliphatic carbocycles. The Kier molecular flexibility index (Phi) is 4.81. The number of rotatable bonds is 5. The predicted molar refractivity (Wildman–Crippen MR) is 107 cm³/mol. The first-order valence-electron chi connectivity index (χ1n) is 10.2. The third-order valence-electron chi connectivity index (χ3n) is 6.02. The molecule has 0 bridgehead atoms. The van der Waals surface area contributed by atoms with E-state index in [1.165, 1.54) is 24.4 Å². The van der Waals surface area contributed by atoms with Gasteiger partial charge in [0.25, 0.3) is 0 Å². The van der Waals surface area contributed by atoms with Crippen molar-refractivity contribution in [1.29, 1.82) is 0 Å². The molecule has 1 N–H and O–H groups in total. The van der Waals surface area contributed by atoms with Crippen molar-refractivity contribution >= 4 is 16.7 Å². The van der Waals surface area contributed by atoms with E-state index in [1.54, 1.807) is 0 Å². The molecule has 4 heterocycles. The Morgan fingerprint density at radius 3 is 2.86 bits per heavy atom. The third-order valence-corrected chi connectivity index (χ3v) is 6.02. The Morgan fingerprint density at radius 1 is 1.24 bits per heavy atom. The highest BCUT2D eigenvalue weighted by Gasteiger charge is 2.33. The summed E-state index contributed by atoms with van der Waals surface area (Å²) in [6.07, 6.45) is 4.86. The number of nitrogens with zero attached hydrogens (tertiary/aromatic N) is 1. The molecule has 0 saturated carbocycles. The van der Waals surface area contributed by atoms with Crippen molar-refractivity contribution in [3.63, 3.8) is 0 Å². The van der Waals surface area contributed by atoms with Crippen molar-refractivity contribution in [1.82, 2.24) is 0 Å². The van der Waals surface area contributed by atoms with Crippen LogP contribution in [0.15, 0.2) is 33.2 Å². The molecule has 3 aliphatic heterocycles. The highest BCUT2D eigenvalue weighted by Crippen LogP contribution is 2.42. The molecular weight excluding hydrogens is 374 g/mol. The van der Waals surface area contributed by atoms with Crippen LogP contribution in [0, 0.1) is 0 Å². The monoisotopic (exact) mass is 399 g/mol. The summed E-state index contributed by atoms with van der Waals surface area (Å²) in [4.78, 5) is 14.9. The molecule has 154 valence electrons. The van der Waals surface area contributed by atoms with Crippen LogP contribution in [-0.2, 0) is 27.1 Å². The lowest BCUT2D eigenvalue weighted by atomic mass is 9.88. The number of aliphatic hydroxyl groups is 1. The second-order valence-electron chi connectivity index (χ2n) is 7.80. The predicted octanol–water partition coefficient (Wildman–Crippen LogP) is 2.43. The van der Waals surface area contributed by atoms with Gasteiger partial charge in [-0.25, -0.2) is 4.79 Å². The van der Waals surface area contributed by atoms with E-state index in [4.69, 9.17) is 18.6 Å². The van der Waals surface area contributed by atoms with Crippen LogP contribution < -0.4 is 10.5 Å². The molecule has 0 spiro atoms. The smallest absolute Gasteiger partial charge is 0.336 e. The number of ether oxygens (including phenoxy) is 3. The van der Waals surface area contributed by atoms with E-state index in [2.05, 4.69) is 11.0 Å². The summed E-state index contributed by atoms with van der Waals surface area (Å²) in [6.45, 7) is 1.98. The maximum absolute atomic E-state index is 12.4. The number of benzene rings is 1. The first-order valence-corrected chi connectivity index (χ1v) is 10.2. The van der Waals surface area contributed by atoms with E-state index in [0.717, 1.165) is 55.3 Å². The average molecular weight is 399 g/mol. The largest absolute Gasteiger partial charge is 0.469 e. The standard InChI is InChI=1S/C22H25NO6/c1-26-12-27-18-10-17(28-19(18)11-24)15-9-20(25)29-22-14-5-3-7-23-6-2-4-13(21(14)23)8-16(15)22/h8-10,17,19,24H,2-7,11-12H2,1H3/t17-,19-/m1/s1. The van der Waals surface area contributed by atoms with E-state index < -0.39 is 12.2 Å². The van der Waals surface area contributed by atoms with E-state index in [0.29, 0.717) is 11.3 Å². The Labute approximate surface area is 168 Å². The Balaban J connectivity index is 1.66. The van der Waals surface area contributed by atoms with Crippen LogP contribution in [0.4, 0.5) is 5.69 Å². The van der Waals surface area contributed by atoms with Gasteiger partial charge in [-0.2, -0.15) is 0 Å². The molecule has 7 nitrogen and oxygen atoms in total. The van der Waals surface area contributed by atoms with Crippen LogP contribution >= 0.6 is 0 Å². The molecule has 0 unspecified atom stereocenters. The second-order valence-corrected chi connectivity index (χ2v) is 7.80. The number of methoxy groups -OCH3 is 1. The molecular formula is C22H25NO6. The van der Waals surface area contributed by atoms with Gasteiger partial charge in [-0.05, 0) is 43.4 Å². The topological polar surface area (TPSA) is 81.4 Å². The second kappa shape index (κ2) is 7.48. The van der Waals surface area contributed by atoms with Gasteiger partial charge >= 0.3 is 5.63 Å². The minimum absolute atomic E-state index is 0.0730. The van der Waals surface area contributed by atoms with E-state index in [9.17, 15) is 9.90 Å². The van der Waals surface area contributed by atoms with Gasteiger partial charge in [-0.15, -0.1) is 0 Å². The lowest BCUT2D eigenvalue weighted by Crippen LogP contribution is -2.34. The molecule has 0 radical (unpaired) electrons. The summed E-state index contributed by atoms with van der Waals surface area (Å²) in [7, 11) is 1.54. The molecule has 0 fully saturated rings. The van der Waals surface area contributed by atoms with E-state index in [1.807, 2.05) is 6.08 Å². The minimum Gasteiger partial charge on any atom is -0.469 e. The average Bonchev–Trinajstić information content (AvgIpc) is 3.16. The van der Waals surface area contributed by atoms with Crippen LogP contribution in [0.25, 0.3) is 11.0 Å². The lowest BCUT2D eigenvalue weighted by Gasteiger charge is -2.37. The first kappa shape index (κ1) is 18.7. The Hall–Kier alpha value is -2.35. The Morgan fingerprint density at radius 2 is 2.07 bits per heavy atom. The van der Waals surface area contributed by atoms with Gasteiger partial charge in [-0.1, -0.05) is 0 Å². The fraction of sp³-hybridized carbons (Fsp3) is 0.500. The molecule has 3 aliphatic rings. The molecule has 2 atom stereocenters. The number of aryl methyl sites for hydroxylation is 2. The molecule has 0 amide bonds. The quantitative estimate of drug-likeness (QED) is 0.611. The maximum Gasteiger partial charge on any atom is 0.336 e. The summed E-state index contributed by atoms with van der Waals surface area (Å²) < 4.78 is 22.2. The minimum atomic E-state index is -0.580. The molecule has 7 heteroatoms. The van der Waals surface area contributed by atoms with Gasteiger partial charge in [0.1, 0.15) is 23.6 Å². The van der Waals surface area contributed by atoms with Crippen LogP contribution in [-0.4, -0.2) is 44.8 Å². The third kappa shape index (κ3) is 3.13. The van der Waals surface area contributed by atoms with Crippen molar-refractivity contribution < 1.29 is 23.7 Å². The van der Waals surface area contributed by atoms with Crippen molar-refractivity contribution in [2.24, 2.45) is 0 Å². The van der Waals surface area contributed by atoms with Gasteiger partial charge < -0.3 is 28.6 Å². The fourth-order valence-electron chi connectivity index (χ4n) is 4.84. The fourth-order valence-corrected chi connectivity index (χ4v) is 4.84. The number of hydrogen-bond donors (Lipinski definition) is 1. The maximum atomic E-state index is 12.4. The van der Waals surface area contributed by atoms with Gasteiger partial charge in [0.2, 0.25) is 0 Å². The molecule has 1 aromatic carbocycles. The zero-order valence-electron chi connectivity index (χ0n) is 16.5. The van der Waals surface area contributed by atoms with Crippen LogP contribution in [0.1, 0.15) is 35.6 Å². The van der Waals surface area contributed by atoms with Crippen LogP contribution in [0.3, 0.4) is 0 Å². The van der Waals surface area contributed by atoms with E-state index in [-0.39, 0.29) is 19.0 Å². The van der Waals surface area contributed by atoms with Gasteiger partial charge in [0.15, 0.2) is 6.79 Å². The van der Waals surface area contributed by atoms with Gasteiger partial charge in [-0.3, -0.25) is 0 Å². The van der Waals surface area contributed by atoms with Crippen LogP contribution in [0.2, 0.25) is 0 Å². The number of aliphatic hydroxyl groups excluding tert-OH is 1. The highest BCUT2D eigenvalue weighted by molar-refractivity contribution is 5.91. The van der Waals surface area contributed by atoms with Crippen molar-refractivity contribution in [2.45, 2.75) is 37.9 Å². The summed E-state index contributed by atoms with van der Waals surface area (Å²) in [5.74, 6) is 0.520. The van der Waals surface area contributed by atoms with Crippen molar-refractivity contribution in [3.8, 4) is 0 Å². The molecule has 0 saturated heterocycles. The summed E-state index contributed by atoms with van der Waals surface area (Å²) in [6, 6.07) is 3.66.